The number of nitrogens with zero attached hydrogens (tertiary/aromatic N) is 5. The third-order valence-corrected chi connectivity index (χ3v) is 13.4. The molecule has 0 aromatic heterocycles. The lowest BCUT2D eigenvalue weighted by Gasteiger charge is -2.32. The van der Waals surface area contributed by atoms with Gasteiger partial charge in [0.2, 0.25) is 23.6 Å². The quantitative estimate of drug-likeness (QED) is 0.0191. The van der Waals surface area contributed by atoms with Gasteiger partial charge in [-0.3, -0.25) is 53.2 Å². The Kier molecular flexibility index (Phi) is 35.2. The fourth-order valence-corrected chi connectivity index (χ4v) is 8.87. The number of guanidine groups is 1. The molecule has 1 saturated heterocycles. The summed E-state index contributed by atoms with van der Waals surface area (Å²) < 4.78 is 28.5. The van der Waals surface area contributed by atoms with Crippen LogP contribution in [0.15, 0.2) is 83.9 Å². The molecule has 0 spiro atoms. The Balaban J connectivity index is 1.15. The summed E-state index contributed by atoms with van der Waals surface area (Å²) in [4.78, 5) is 110. The van der Waals surface area contributed by atoms with Crippen molar-refractivity contribution in [1.82, 2.24) is 51.5 Å². The van der Waals surface area contributed by atoms with Crippen LogP contribution >= 0.6 is 0 Å². The zero-order chi connectivity index (χ0) is 63.7. The number of carboxylic acids is 3. The molecule has 0 saturated carbocycles. The molecule has 1 aliphatic heterocycles. The molecule has 1 fully saturated rings. The standard InChI is InChI=1S/C59H88N12O17/c1-2-50(73)61-18-19-64-59(83)67-58(60)63-17-7-12-49(56(81)65-39-44-13-15-47(72)16-14-44)66-57(82)55(45-8-4-3-5-9-45)46-10-6-11-48(38-46)88-37-36-87-35-34-86-33-32-85-31-30-84-29-20-62-51(74)40-68-21-23-69(41-52(75)76)25-27-71(43-54(79)80)28-26-70(24-22-68)42-53(77)78/h3-6,8-11,13-16,38,49,55,72H,2,7,12,17-37,39-43H2,1H3,(H,61,73)(H,62,74)(H,65,81)(H,66,82)(H,75,76)(H,77,78)(H,79,80)(H4,60,63,64,67,83)/t49-,55?/m1/s1. The Labute approximate surface area is 512 Å². The molecule has 486 valence electrons. The van der Waals surface area contributed by atoms with E-state index < -0.39 is 47.7 Å². The summed E-state index contributed by atoms with van der Waals surface area (Å²) in [5, 5.41) is 54.7. The number of carboxylic acid groups (broad SMARTS) is 3. The zero-order valence-corrected chi connectivity index (χ0v) is 50.1. The summed E-state index contributed by atoms with van der Waals surface area (Å²) in [7, 11) is 0. The number of ether oxygens (including phenoxy) is 5. The average Bonchev–Trinajstić information content (AvgIpc) is 2.16. The van der Waals surface area contributed by atoms with Gasteiger partial charge in [0.05, 0.1) is 85.0 Å². The fraction of sp³-hybridized carbons (Fsp3) is 0.542. The molecule has 0 aliphatic carbocycles. The summed E-state index contributed by atoms with van der Waals surface area (Å²) in [6.07, 6.45) is 0.835. The van der Waals surface area contributed by atoms with Crippen molar-refractivity contribution in [2.24, 2.45) is 10.7 Å². The highest BCUT2D eigenvalue weighted by Gasteiger charge is 2.29. The number of carbonyl (C=O) groups is 8. The Morgan fingerprint density at radius 3 is 1.58 bits per heavy atom. The van der Waals surface area contributed by atoms with E-state index in [0.29, 0.717) is 88.9 Å². The minimum absolute atomic E-state index is 0.00291. The van der Waals surface area contributed by atoms with E-state index in [1.54, 1.807) is 58.0 Å². The second kappa shape index (κ2) is 42.8. The normalized spacial score (nSPS) is 14.7. The Morgan fingerprint density at radius 1 is 0.534 bits per heavy atom. The second-order valence-electron chi connectivity index (χ2n) is 20.3. The van der Waals surface area contributed by atoms with Crippen LogP contribution in [0.5, 0.6) is 11.5 Å². The number of phenolic OH excluding ortho intramolecular Hbond substituents is 1. The minimum Gasteiger partial charge on any atom is -0.508 e. The van der Waals surface area contributed by atoms with Gasteiger partial charge in [-0.1, -0.05) is 61.5 Å². The van der Waals surface area contributed by atoms with Gasteiger partial charge in [0.15, 0.2) is 5.96 Å². The van der Waals surface area contributed by atoms with Crippen molar-refractivity contribution < 1.29 is 82.5 Å². The Hall–Kier alpha value is -8.03. The third-order valence-electron chi connectivity index (χ3n) is 13.4. The van der Waals surface area contributed by atoms with Crippen LogP contribution in [0.1, 0.15) is 48.8 Å². The van der Waals surface area contributed by atoms with Gasteiger partial charge in [0.25, 0.3) is 0 Å². The topological polar surface area (TPSA) is 387 Å². The molecule has 1 heterocycles. The first-order chi connectivity index (χ1) is 42.5. The highest BCUT2D eigenvalue weighted by atomic mass is 16.6. The number of aromatic hydroxyl groups is 1. The van der Waals surface area contributed by atoms with E-state index in [9.17, 15) is 58.8 Å². The lowest BCUT2D eigenvalue weighted by atomic mass is 9.90. The number of phenols is 1. The average molecular weight is 1240 g/mol. The number of aliphatic imine (C=N–C) groups is 1. The highest BCUT2D eigenvalue weighted by Crippen LogP contribution is 2.28. The molecule has 88 heavy (non-hydrogen) atoms. The van der Waals surface area contributed by atoms with Crippen LogP contribution in [0.2, 0.25) is 0 Å². The molecule has 0 bridgehead atoms. The molecule has 29 heteroatoms. The lowest BCUT2D eigenvalue weighted by molar-refractivity contribution is -0.140. The van der Waals surface area contributed by atoms with E-state index >= 15 is 0 Å². The first-order valence-corrected chi connectivity index (χ1v) is 29.4. The number of nitrogens with two attached hydrogens (primary N) is 1. The largest absolute Gasteiger partial charge is 0.508 e. The summed E-state index contributed by atoms with van der Waals surface area (Å²) in [6.45, 7) is 6.80. The molecule has 29 nitrogen and oxygen atoms in total. The van der Waals surface area contributed by atoms with Crippen LogP contribution in [0, 0.1) is 0 Å². The van der Waals surface area contributed by atoms with Crippen molar-refractivity contribution in [2.75, 3.05) is 164 Å². The van der Waals surface area contributed by atoms with Crippen LogP contribution in [-0.4, -0.2) is 264 Å². The third kappa shape index (κ3) is 32.1. The lowest BCUT2D eigenvalue weighted by Crippen LogP contribution is -2.50. The smallest absolute Gasteiger partial charge is 0.344 e. The number of carbonyl (C=O) groups excluding carboxylic acids is 5. The maximum Gasteiger partial charge on any atom is 0.344 e. The van der Waals surface area contributed by atoms with Crippen LogP contribution in [0.25, 0.3) is 0 Å². The maximum absolute atomic E-state index is 14.4. The van der Waals surface area contributed by atoms with E-state index in [0.717, 1.165) is 5.56 Å². The molecule has 12 N–H and O–H groups in total. The molecule has 6 amide bonds. The number of hydrogen-bond donors (Lipinski definition) is 11. The van der Waals surface area contributed by atoms with Crippen molar-refractivity contribution in [2.45, 2.75) is 44.7 Å². The maximum atomic E-state index is 14.4. The van der Waals surface area contributed by atoms with Crippen LogP contribution in [0.4, 0.5) is 4.79 Å². The molecule has 1 aliphatic rings. The minimum atomic E-state index is -1.04. The molecule has 0 radical (unpaired) electrons. The van der Waals surface area contributed by atoms with Gasteiger partial charge in [-0.15, -0.1) is 0 Å². The van der Waals surface area contributed by atoms with Gasteiger partial charge in [-0.2, -0.15) is 4.99 Å². The van der Waals surface area contributed by atoms with Gasteiger partial charge in [0.1, 0.15) is 24.1 Å². The van der Waals surface area contributed by atoms with Gasteiger partial charge in [-0.25, -0.2) is 4.79 Å². The van der Waals surface area contributed by atoms with E-state index in [-0.39, 0.29) is 141 Å². The van der Waals surface area contributed by atoms with E-state index in [4.69, 9.17) is 29.4 Å². The predicted molar refractivity (Wildman–Crippen MR) is 323 cm³/mol. The Morgan fingerprint density at radius 2 is 1.03 bits per heavy atom. The number of aliphatic carboxylic acids is 3. The first kappa shape index (κ1) is 72.4. The predicted octanol–water partition coefficient (Wildman–Crippen LogP) is -0.718. The van der Waals surface area contributed by atoms with E-state index in [2.05, 4.69) is 36.9 Å². The molecule has 3 aromatic carbocycles. The molecule has 3 aromatic rings. The van der Waals surface area contributed by atoms with Gasteiger partial charge in [0, 0.05) is 91.5 Å². The summed E-state index contributed by atoms with van der Waals surface area (Å²) in [6, 6.07) is 20.9. The van der Waals surface area contributed by atoms with Gasteiger partial charge >= 0.3 is 23.9 Å². The molecule has 1 unspecified atom stereocenters. The first-order valence-electron chi connectivity index (χ1n) is 29.4. The van der Waals surface area contributed by atoms with Crippen molar-refractivity contribution in [3.05, 3.63) is 95.6 Å². The summed E-state index contributed by atoms with van der Waals surface area (Å²) in [5.41, 5.74) is 7.96. The number of benzene rings is 3. The van der Waals surface area contributed by atoms with Crippen molar-refractivity contribution in [1.29, 1.82) is 0 Å². The number of amides is 6. The Bertz CT molecular complexity index is 2590. The molecular formula is C59H88N12O17. The van der Waals surface area contributed by atoms with Crippen molar-refractivity contribution >= 4 is 53.5 Å². The number of rotatable bonds is 39. The number of hydrogen-bond acceptors (Lipinski definition) is 18. The van der Waals surface area contributed by atoms with Crippen molar-refractivity contribution in [3.63, 3.8) is 0 Å². The SMILES string of the molecule is CCC(=O)NCCNC(=O)/N=C(/N)NCCC[C@@H](NC(=O)C(c1ccccc1)c1cccc(OCCOCCOCCOCCOCCNC(=O)CN2CCN(CC(=O)O)CCN(CC(=O)O)CCN(CC(=O)O)CC2)c1)C(=O)NCc1ccc(O)cc1. The molecule has 4 rings (SSSR count). The monoisotopic (exact) mass is 1240 g/mol. The molecular weight excluding hydrogens is 1150 g/mol. The van der Waals surface area contributed by atoms with Crippen LogP contribution < -0.4 is 42.4 Å². The zero-order valence-electron chi connectivity index (χ0n) is 50.1. The summed E-state index contributed by atoms with van der Waals surface area (Å²) in [5.74, 6) is -4.82. The van der Waals surface area contributed by atoms with Gasteiger partial charge in [-0.05, 0) is 53.8 Å². The fourth-order valence-electron chi connectivity index (χ4n) is 8.87. The summed E-state index contributed by atoms with van der Waals surface area (Å²) >= 11 is 0. The second-order valence-corrected chi connectivity index (χ2v) is 20.3. The number of nitrogens with one attached hydrogen (secondary N) is 6. The van der Waals surface area contributed by atoms with E-state index in [1.807, 2.05) is 35.2 Å². The molecule has 2 atom stereocenters. The van der Waals surface area contributed by atoms with Crippen LogP contribution in [0.3, 0.4) is 0 Å². The highest BCUT2D eigenvalue weighted by molar-refractivity contribution is 5.93. The number of urea groups is 1. The van der Waals surface area contributed by atoms with E-state index in [1.165, 1.54) is 12.1 Å². The van der Waals surface area contributed by atoms with Crippen LogP contribution in [-0.2, 0) is 59.1 Å². The van der Waals surface area contributed by atoms with Gasteiger partial charge < -0.3 is 81.7 Å². The van der Waals surface area contributed by atoms with Crippen molar-refractivity contribution in [3.8, 4) is 11.5 Å².